The molecule has 8 N–H and O–H groups in total. The van der Waals surface area contributed by atoms with Gasteiger partial charge >= 0.3 is 23.5 Å². The van der Waals surface area contributed by atoms with Gasteiger partial charge in [0.1, 0.15) is 24.1 Å². The Morgan fingerprint density at radius 3 is 2.42 bits per heavy atom. The van der Waals surface area contributed by atoms with Crippen LogP contribution < -0.4 is 5.48 Å². The molecule has 5 unspecified atom stereocenters. The van der Waals surface area contributed by atoms with Crippen molar-refractivity contribution in [1.29, 1.82) is 0 Å². The second-order valence-corrected chi connectivity index (χ2v) is 11.2. The van der Waals surface area contributed by atoms with Crippen LogP contribution >= 0.6 is 23.5 Å². The fourth-order valence-electron chi connectivity index (χ4n) is 2.95. The van der Waals surface area contributed by atoms with E-state index in [1.807, 2.05) is 0 Å². The van der Waals surface area contributed by atoms with Crippen molar-refractivity contribution < 1.29 is 66.6 Å². The molecule has 1 aliphatic heterocycles. The molecule has 33 heavy (non-hydrogen) atoms. The molecule has 0 aromatic carbocycles. The van der Waals surface area contributed by atoms with E-state index >= 15 is 0 Å². The van der Waals surface area contributed by atoms with Gasteiger partial charge < -0.3 is 34.5 Å². The highest BCUT2D eigenvalue weighted by Crippen LogP contribution is 2.66. The van der Waals surface area contributed by atoms with E-state index in [1.54, 1.807) is 5.48 Å². The molecule has 19 nitrogen and oxygen atoms in total. The Labute approximate surface area is 183 Å². The van der Waals surface area contributed by atoms with Crippen LogP contribution in [0.1, 0.15) is 13.2 Å². The van der Waals surface area contributed by atoms with Crippen LogP contribution in [0.4, 0.5) is 5.82 Å². The molecule has 1 fully saturated rings. The zero-order valence-corrected chi connectivity index (χ0v) is 18.9. The third-order valence-electron chi connectivity index (χ3n) is 4.29. The first-order valence-electron chi connectivity index (χ1n) is 8.48. The van der Waals surface area contributed by atoms with Crippen molar-refractivity contribution in [3.05, 3.63) is 12.7 Å². The molecule has 3 heterocycles. The Bertz CT molecular complexity index is 1170. The highest BCUT2D eigenvalue weighted by atomic mass is 31.3. The number of phosphoric acid groups is 3. The van der Waals surface area contributed by atoms with Crippen molar-refractivity contribution in [2.24, 2.45) is 0 Å². The van der Waals surface area contributed by atoms with Gasteiger partial charge in [0.2, 0.25) is 0 Å². The molecule has 3 rings (SSSR count). The van der Waals surface area contributed by atoms with Gasteiger partial charge in [-0.15, -0.1) is 0 Å². The van der Waals surface area contributed by atoms with Gasteiger partial charge in [0, 0.05) is 0 Å². The van der Waals surface area contributed by atoms with E-state index in [-0.39, 0.29) is 17.0 Å². The highest BCUT2D eigenvalue weighted by Gasteiger charge is 2.54. The van der Waals surface area contributed by atoms with Crippen molar-refractivity contribution in [2.45, 2.75) is 31.0 Å². The van der Waals surface area contributed by atoms with E-state index in [4.69, 9.17) is 24.6 Å². The third-order valence-corrected chi connectivity index (χ3v) is 8.09. The summed E-state index contributed by atoms with van der Waals surface area (Å²) in [6.45, 7) is 0.161. The quantitative estimate of drug-likeness (QED) is 0.140. The lowest BCUT2D eigenvalue weighted by Crippen LogP contribution is -2.44. The molecule has 2 aromatic heterocycles. The molecule has 0 radical (unpaired) electrons. The predicted octanol–water partition coefficient (Wildman–Crippen LogP) is -1.02. The molecule has 1 aliphatic rings. The molecule has 0 saturated carbocycles. The normalized spacial score (nSPS) is 29.6. The van der Waals surface area contributed by atoms with Crippen LogP contribution in [-0.2, 0) is 31.6 Å². The number of phosphoric ester groups is 1. The van der Waals surface area contributed by atoms with Crippen LogP contribution in [0, 0.1) is 0 Å². The van der Waals surface area contributed by atoms with E-state index in [0.717, 1.165) is 19.6 Å². The minimum Gasteiger partial charge on any atom is -0.387 e. The maximum Gasteiger partial charge on any atom is 0.490 e. The summed E-state index contributed by atoms with van der Waals surface area (Å²) in [7, 11) is -16.8. The number of rotatable bonds is 9. The molecule has 2 aromatic rings. The summed E-state index contributed by atoms with van der Waals surface area (Å²) in [6.07, 6.45) is -2.47. The number of nitrogens with zero attached hydrogens (tertiary/aromatic N) is 4. The number of imidazole rings is 1. The monoisotopic (exact) mass is 537 g/mol. The van der Waals surface area contributed by atoms with Crippen LogP contribution in [0.2, 0.25) is 0 Å². The molecule has 0 bridgehead atoms. The summed E-state index contributed by atoms with van der Waals surface area (Å²) in [4.78, 5) is 47.4. The number of anilines is 1. The lowest BCUT2D eigenvalue weighted by molar-refractivity contribution is -0.0949. The van der Waals surface area contributed by atoms with Crippen molar-refractivity contribution in [3.8, 4) is 0 Å². The van der Waals surface area contributed by atoms with Gasteiger partial charge in [0.05, 0.1) is 12.9 Å². The summed E-state index contributed by atoms with van der Waals surface area (Å²) in [6, 6.07) is 0. The summed E-state index contributed by atoms with van der Waals surface area (Å²) in [5, 5.41) is 30.3. The first-order chi connectivity index (χ1) is 15.1. The Balaban J connectivity index is 1.76. The summed E-state index contributed by atoms with van der Waals surface area (Å²) >= 11 is 0. The average Bonchev–Trinajstić information content (AvgIpc) is 3.16. The third kappa shape index (κ3) is 5.82. The molecule has 0 spiro atoms. The number of aliphatic hydroxyl groups excluding tert-OH is 1. The van der Waals surface area contributed by atoms with Crippen LogP contribution in [0.25, 0.3) is 11.2 Å². The minimum absolute atomic E-state index is 0.0626. The van der Waals surface area contributed by atoms with Gasteiger partial charge in [-0.3, -0.25) is 19.8 Å². The second-order valence-electron chi connectivity index (χ2n) is 6.74. The number of hydrogen-bond acceptors (Lipinski definition) is 14. The second kappa shape index (κ2) is 8.99. The van der Waals surface area contributed by atoms with Gasteiger partial charge in [-0.1, -0.05) is 0 Å². The Kier molecular flexibility index (Phi) is 7.14. The molecule has 186 valence electrons. The van der Waals surface area contributed by atoms with Gasteiger partial charge in [0.25, 0.3) is 0 Å². The molecule has 1 saturated heterocycles. The van der Waals surface area contributed by atoms with Crippen LogP contribution in [0.3, 0.4) is 0 Å². The number of hydrogen-bond donors (Lipinski definition) is 8. The van der Waals surface area contributed by atoms with E-state index in [1.165, 1.54) is 4.57 Å². The predicted molar refractivity (Wildman–Crippen MR) is 101 cm³/mol. The zero-order valence-electron chi connectivity index (χ0n) is 16.2. The highest BCUT2D eigenvalue weighted by molar-refractivity contribution is 7.66. The summed E-state index contributed by atoms with van der Waals surface area (Å²) in [5.41, 5.74) is -0.116. The lowest BCUT2D eigenvalue weighted by Gasteiger charge is -2.27. The molecule has 22 heteroatoms. The zero-order chi connectivity index (χ0) is 24.8. The van der Waals surface area contributed by atoms with E-state index in [2.05, 4.69) is 28.1 Å². The maximum absolute atomic E-state index is 11.9. The summed E-state index contributed by atoms with van der Waals surface area (Å²) < 4.78 is 52.2. The molecular formula is C11H18N5O14P3. The Morgan fingerprint density at radius 2 is 1.82 bits per heavy atom. The SMILES string of the molecule is CC1(O)C(O)C(COP(=O)(O)OP(=O)(O)OP(=O)(O)O)O[C@H]1n1cnc2c(NO)ncnc21. The minimum atomic E-state index is -5.73. The van der Waals surface area contributed by atoms with E-state index in [9.17, 15) is 28.8 Å². The lowest BCUT2D eigenvalue weighted by atomic mass is 9.96. The molecule has 6 atom stereocenters. The van der Waals surface area contributed by atoms with Crippen LogP contribution in [0.15, 0.2) is 12.7 Å². The van der Waals surface area contributed by atoms with Gasteiger partial charge in [-0.05, 0) is 6.92 Å². The molecule has 0 amide bonds. The molecular weight excluding hydrogens is 519 g/mol. The van der Waals surface area contributed by atoms with Crippen molar-refractivity contribution in [2.75, 3.05) is 12.1 Å². The fourth-order valence-corrected chi connectivity index (χ4v) is 5.98. The Hall–Kier alpha value is -1.40. The Morgan fingerprint density at radius 1 is 1.15 bits per heavy atom. The smallest absolute Gasteiger partial charge is 0.387 e. The van der Waals surface area contributed by atoms with Gasteiger partial charge in [0.15, 0.2) is 23.2 Å². The number of ether oxygens (including phenoxy) is 1. The molecule has 0 aliphatic carbocycles. The topological polar surface area (TPSA) is 285 Å². The fraction of sp³-hybridized carbons (Fsp3) is 0.545. The first-order valence-corrected chi connectivity index (χ1v) is 13.0. The van der Waals surface area contributed by atoms with Gasteiger partial charge in [-0.25, -0.2) is 28.6 Å². The van der Waals surface area contributed by atoms with Crippen molar-refractivity contribution >= 4 is 40.4 Å². The maximum atomic E-state index is 11.9. The largest absolute Gasteiger partial charge is 0.490 e. The standard InChI is InChI=1S/C11H18N5O14P3/c1-11(18)7(17)5(2-27-32(23,24)30-33(25,26)29-31(20,21)22)28-10(11)16-4-14-6-8(15-19)12-3-13-9(6)16/h3-5,7,10,17-19H,2H2,1H3,(H,23,24)(H,25,26)(H,12,13,15)(H2,20,21,22)/t5?,7?,10-,11?/m1/s1. The average molecular weight is 537 g/mol. The summed E-state index contributed by atoms with van der Waals surface area (Å²) in [5.74, 6) is -0.0684. The van der Waals surface area contributed by atoms with Crippen LogP contribution in [0.5, 0.6) is 0 Å². The van der Waals surface area contributed by atoms with Crippen LogP contribution in [-0.4, -0.2) is 78.9 Å². The van der Waals surface area contributed by atoms with Gasteiger partial charge in [-0.2, -0.15) is 8.62 Å². The van der Waals surface area contributed by atoms with E-state index in [0.29, 0.717) is 0 Å². The van der Waals surface area contributed by atoms with Crippen molar-refractivity contribution in [3.63, 3.8) is 0 Å². The van der Waals surface area contributed by atoms with Crippen molar-refractivity contribution in [1.82, 2.24) is 19.5 Å². The number of fused-ring (bicyclic) bond motifs is 1. The number of aromatic nitrogens is 4. The van der Waals surface area contributed by atoms with E-state index < -0.39 is 54.1 Å². The number of nitrogens with one attached hydrogen (secondary N) is 1. The first kappa shape index (κ1) is 26.2. The number of aliphatic hydroxyl groups is 2.